The van der Waals surface area contributed by atoms with Gasteiger partial charge in [0.05, 0.1) is 45.4 Å². The monoisotopic (exact) mass is 445 g/mol. The summed E-state index contributed by atoms with van der Waals surface area (Å²) in [6.07, 6.45) is 6.48. The van der Waals surface area contributed by atoms with Gasteiger partial charge in [0.1, 0.15) is 23.0 Å². The number of anilines is 1. The molecule has 2 aromatic carbocycles. The molecule has 0 aliphatic rings. The summed E-state index contributed by atoms with van der Waals surface area (Å²) in [5.41, 5.74) is 1.16. The second-order valence-corrected chi connectivity index (χ2v) is 8.08. The highest BCUT2D eigenvalue weighted by Gasteiger charge is 2.15. The van der Waals surface area contributed by atoms with Crippen molar-refractivity contribution >= 4 is 27.5 Å². The first-order valence-electron chi connectivity index (χ1n) is 8.92. The molecule has 31 heavy (non-hydrogen) atoms. The number of carbonyl (C=O) groups is 1. The average Bonchev–Trinajstić information content (AvgIpc) is 2.76. The fourth-order valence-electron chi connectivity index (χ4n) is 2.75. The second-order valence-electron chi connectivity index (χ2n) is 6.19. The van der Waals surface area contributed by atoms with Crippen LogP contribution in [0.5, 0.6) is 23.0 Å². The number of carbonyl (C=O) groups excluding carboxylic acids is 1. The molecule has 2 aromatic rings. The maximum Gasteiger partial charge on any atom is 0.300 e. The van der Waals surface area contributed by atoms with Crippen LogP contribution < -0.4 is 24.3 Å². The maximum absolute atomic E-state index is 12.7. The van der Waals surface area contributed by atoms with Crippen LogP contribution >= 0.6 is 0 Å². The van der Waals surface area contributed by atoms with Crippen LogP contribution in [-0.4, -0.2) is 42.8 Å². The number of rotatable bonds is 9. The second kappa shape index (κ2) is 10.4. The largest absolute Gasteiger partial charge is 0.496 e. The number of methoxy groups -OCH3 is 4. The highest BCUT2D eigenvalue weighted by Crippen LogP contribution is 2.35. The molecule has 1 amide bonds. The van der Waals surface area contributed by atoms with Gasteiger partial charge in [-0.1, -0.05) is 6.07 Å². The molecule has 0 bridgehead atoms. The van der Waals surface area contributed by atoms with E-state index in [0.717, 1.165) is 5.41 Å². The van der Waals surface area contributed by atoms with Crippen LogP contribution in [0.15, 0.2) is 35.7 Å². The third-order valence-corrected chi connectivity index (χ3v) is 5.49. The number of hydrogen-bond acceptors (Lipinski definition) is 7. The Bertz CT molecular complexity index is 1110. The molecule has 2 rings (SSSR count). The van der Waals surface area contributed by atoms with Crippen molar-refractivity contribution in [3.8, 4) is 35.3 Å². The third-order valence-electron chi connectivity index (χ3n) is 4.21. The number of hydrogen-bond donors (Lipinski definition) is 1. The first-order valence-corrected chi connectivity index (χ1v) is 10.6. The SMILES string of the molecule is C#CC(=O)Nc1cc(CS(=O)(=O)/C=C/c2c(OC)cc(OC)cc2OC)ccc1OC. The minimum atomic E-state index is -3.69. The van der Waals surface area contributed by atoms with E-state index in [-0.39, 0.29) is 11.4 Å². The van der Waals surface area contributed by atoms with Gasteiger partial charge in [-0.05, 0) is 29.7 Å². The van der Waals surface area contributed by atoms with Crippen molar-refractivity contribution in [1.29, 1.82) is 0 Å². The summed E-state index contributed by atoms with van der Waals surface area (Å²) >= 11 is 0. The van der Waals surface area contributed by atoms with Crippen molar-refractivity contribution < 1.29 is 32.2 Å². The minimum absolute atomic E-state index is 0.278. The van der Waals surface area contributed by atoms with Gasteiger partial charge in [0.2, 0.25) is 0 Å². The zero-order valence-electron chi connectivity index (χ0n) is 17.6. The number of amides is 1. The summed E-state index contributed by atoms with van der Waals surface area (Å²) < 4.78 is 46.4. The van der Waals surface area contributed by atoms with Crippen LogP contribution in [0.1, 0.15) is 11.1 Å². The number of benzene rings is 2. The predicted octanol–water partition coefficient (Wildman–Crippen LogP) is 2.88. The fourth-order valence-corrected chi connectivity index (χ4v) is 3.83. The van der Waals surface area contributed by atoms with Gasteiger partial charge in [-0.2, -0.15) is 0 Å². The Hall–Kier alpha value is -3.64. The lowest BCUT2D eigenvalue weighted by Crippen LogP contribution is -2.10. The number of ether oxygens (including phenoxy) is 4. The van der Waals surface area contributed by atoms with E-state index in [4.69, 9.17) is 25.4 Å². The normalized spacial score (nSPS) is 10.9. The lowest BCUT2D eigenvalue weighted by atomic mass is 10.1. The molecule has 1 N–H and O–H groups in total. The summed E-state index contributed by atoms with van der Waals surface area (Å²) in [4.78, 5) is 11.5. The summed E-state index contributed by atoms with van der Waals surface area (Å²) in [6, 6.07) is 7.88. The molecule has 0 saturated heterocycles. The van der Waals surface area contributed by atoms with E-state index in [9.17, 15) is 13.2 Å². The smallest absolute Gasteiger partial charge is 0.300 e. The van der Waals surface area contributed by atoms with Gasteiger partial charge in [0.25, 0.3) is 5.91 Å². The molecule has 0 aromatic heterocycles. The minimum Gasteiger partial charge on any atom is -0.496 e. The van der Waals surface area contributed by atoms with Crippen LogP contribution in [0.4, 0.5) is 5.69 Å². The van der Waals surface area contributed by atoms with E-state index in [0.29, 0.717) is 34.1 Å². The van der Waals surface area contributed by atoms with Crippen molar-refractivity contribution in [3.05, 3.63) is 46.9 Å². The quantitative estimate of drug-likeness (QED) is 0.593. The number of nitrogens with one attached hydrogen (secondary N) is 1. The van der Waals surface area contributed by atoms with Gasteiger partial charge in [-0.25, -0.2) is 8.42 Å². The first kappa shape index (κ1) is 23.6. The van der Waals surface area contributed by atoms with E-state index in [1.165, 1.54) is 40.6 Å². The maximum atomic E-state index is 12.7. The van der Waals surface area contributed by atoms with Crippen LogP contribution in [0.2, 0.25) is 0 Å². The van der Waals surface area contributed by atoms with E-state index in [1.54, 1.807) is 24.3 Å². The molecule has 164 valence electrons. The number of terminal acetylenes is 1. The van der Waals surface area contributed by atoms with Crippen molar-refractivity contribution in [3.63, 3.8) is 0 Å². The Morgan fingerprint density at radius 1 is 1.00 bits per heavy atom. The van der Waals surface area contributed by atoms with Crippen molar-refractivity contribution in [1.82, 2.24) is 0 Å². The molecular weight excluding hydrogens is 422 g/mol. The van der Waals surface area contributed by atoms with E-state index in [2.05, 4.69) is 5.32 Å². The molecular formula is C22H23NO7S. The fraction of sp³-hybridized carbons (Fsp3) is 0.227. The van der Waals surface area contributed by atoms with E-state index >= 15 is 0 Å². The Morgan fingerprint density at radius 2 is 1.61 bits per heavy atom. The molecule has 8 nitrogen and oxygen atoms in total. The van der Waals surface area contributed by atoms with Crippen molar-refractivity contribution in [2.45, 2.75) is 5.75 Å². The topological polar surface area (TPSA) is 100 Å². The van der Waals surface area contributed by atoms with Crippen LogP contribution in [0, 0.1) is 12.3 Å². The predicted molar refractivity (Wildman–Crippen MR) is 118 cm³/mol. The van der Waals surface area contributed by atoms with Crippen LogP contribution in [-0.2, 0) is 20.4 Å². The third kappa shape index (κ3) is 6.17. The Kier molecular flexibility index (Phi) is 7.94. The van der Waals surface area contributed by atoms with Gasteiger partial charge >= 0.3 is 0 Å². The van der Waals surface area contributed by atoms with Crippen LogP contribution in [0.25, 0.3) is 6.08 Å². The Labute approximate surface area is 181 Å². The molecule has 0 spiro atoms. The van der Waals surface area contributed by atoms with Gasteiger partial charge in [0.15, 0.2) is 9.84 Å². The van der Waals surface area contributed by atoms with Crippen LogP contribution in [0.3, 0.4) is 0 Å². The summed E-state index contributed by atoms with van der Waals surface area (Å²) in [7, 11) is 2.17. The standard InChI is InChI=1S/C22H23NO7S/c1-6-22(24)23-18-11-15(7-8-19(18)28-3)14-31(25,26)10-9-17-20(29-4)12-16(27-2)13-21(17)30-5/h1,7-13H,14H2,2-5H3,(H,23,24)/b10-9+. The molecule has 9 heteroatoms. The average molecular weight is 445 g/mol. The van der Waals surface area contributed by atoms with Gasteiger partial charge in [-0.15, -0.1) is 6.42 Å². The highest BCUT2D eigenvalue weighted by atomic mass is 32.2. The Balaban J connectivity index is 2.34. The molecule has 0 atom stereocenters. The van der Waals surface area contributed by atoms with Gasteiger partial charge in [-0.3, -0.25) is 4.79 Å². The number of sulfone groups is 1. The zero-order chi connectivity index (χ0) is 23.0. The zero-order valence-corrected chi connectivity index (χ0v) is 18.4. The molecule has 0 aliphatic heterocycles. The summed E-state index contributed by atoms with van der Waals surface area (Å²) in [5, 5.41) is 3.55. The van der Waals surface area contributed by atoms with E-state index < -0.39 is 15.7 Å². The molecule has 0 radical (unpaired) electrons. The molecule has 0 fully saturated rings. The van der Waals surface area contributed by atoms with Gasteiger partial charge < -0.3 is 24.3 Å². The van der Waals surface area contributed by atoms with E-state index in [1.807, 2.05) is 5.92 Å². The van der Waals surface area contributed by atoms with Gasteiger partial charge in [0, 0.05) is 17.5 Å². The summed E-state index contributed by atoms with van der Waals surface area (Å²) in [6.45, 7) is 0. The lowest BCUT2D eigenvalue weighted by Gasteiger charge is -2.12. The molecule has 0 saturated carbocycles. The molecule has 0 unspecified atom stereocenters. The molecule has 0 aliphatic carbocycles. The first-order chi connectivity index (χ1) is 14.8. The van der Waals surface area contributed by atoms with Crippen molar-refractivity contribution in [2.75, 3.05) is 33.8 Å². The highest BCUT2D eigenvalue weighted by molar-refractivity contribution is 7.93. The molecule has 0 heterocycles. The summed E-state index contributed by atoms with van der Waals surface area (Å²) in [5.74, 6) is 2.60. The van der Waals surface area contributed by atoms with Crippen molar-refractivity contribution in [2.24, 2.45) is 0 Å². The lowest BCUT2D eigenvalue weighted by molar-refractivity contribution is -0.111. The Morgan fingerprint density at radius 3 is 2.13 bits per heavy atom.